The molecule has 1 fully saturated rings. The third-order valence-electron chi connectivity index (χ3n) is 3.20. The lowest BCUT2D eigenvalue weighted by Gasteiger charge is -2.34. The van der Waals surface area contributed by atoms with Crippen molar-refractivity contribution in [1.82, 2.24) is 4.90 Å². The predicted molar refractivity (Wildman–Crippen MR) is 72.8 cm³/mol. The van der Waals surface area contributed by atoms with Gasteiger partial charge in [0.2, 0.25) is 0 Å². The number of halogens is 1. The Morgan fingerprint density at radius 3 is 2.94 bits per heavy atom. The quantitative estimate of drug-likeness (QED) is 0.881. The van der Waals surface area contributed by atoms with Gasteiger partial charge in [-0.2, -0.15) is 0 Å². The van der Waals surface area contributed by atoms with Crippen molar-refractivity contribution in [1.29, 1.82) is 0 Å². The summed E-state index contributed by atoms with van der Waals surface area (Å²) in [6.45, 7) is 4.96. The van der Waals surface area contributed by atoms with Gasteiger partial charge in [-0.1, -0.05) is 22.9 Å². The Kier molecular flexibility index (Phi) is 4.07. The fraction of sp³-hybridized carbons (Fsp3) is 0.538. The van der Waals surface area contributed by atoms with Gasteiger partial charge in [-0.25, -0.2) is 0 Å². The minimum Gasteiger partial charge on any atom is -0.508 e. The Balaban J connectivity index is 2.07. The summed E-state index contributed by atoms with van der Waals surface area (Å²) in [6, 6.07) is 5.81. The first-order valence-electron chi connectivity index (χ1n) is 6.00. The molecule has 1 aliphatic heterocycles. The molecule has 1 aromatic carbocycles. The van der Waals surface area contributed by atoms with Crippen LogP contribution in [0.5, 0.6) is 5.75 Å². The van der Waals surface area contributed by atoms with E-state index in [4.69, 9.17) is 5.73 Å². The van der Waals surface area contributed by atoms with Gasteiger partial charge in [0.15, 0.2) is 0 Å². The van der Waals surface area contributed by atoms with Crippen molar-refractivity contribution in [2.24, 2.45) is 11.7 Å². The second-order valence-corrected chi connectivity index (χ2v) is 5.98. The molecule has 0 aliphatic carbocycles. The average Bonchev–Trinajstić information content (AvgIpc) is 2.22. The second kappa shape index (κ2) is 5.38. The maximum Gasteiger partial charge on any atom is 0.120 e. The number of likely N-dealkylation sites (tertiary alicyclic amines) is 1. The van der Waals surface area contributed by atoms with Crippen LogP contribution in [0.4, 0.5) is 0 Å². The maximum atomic E-state index is 9.82. The lowest BCUT2D eigenvalue weighted by Crippen LogP contribution is -2.45. The molecular weight excluding hydrogens is 280 g/mol. The van der Waals surface area contributed by atoms with Gasteiger partial charge >= 0.3 is 0 Å². The van der Waals surface area contributed by atoms with Crippen molar-refractivity contribution in [3.05, 3.63) is 28.2 Å². The van der Waals surface area contributed by atoms with Gasteiger partial charge < -0.3 is 10.8 Å². The summed E-state index contributed by atoms with van der Waals surface area (Å²) in [6.07, 6.45) is 1.10. The molecule has 3 nitrogen and oxygen atoms in total. The lowest BCUT2D eigenvalue weighted by molar-refractivity contribution is 0.157. The fourth-order valence-electron chi connectivity index (χ4n) is 2.56. The topological polar surface area (TPSA) is 49.5 Å². The van der Waals surface area contributed by atoms with Gasteiger partial charge in [-0.05, 0) is 30.5 Å². The molecule has 2 atom stereocenters. The third-order valence-corrected chi connectivity index (χ3v) is 3.70. The van der Waals surface area contributed by atoms with Gasteiger partial charge in [0.1, 0.15) is 5.75 Å². The van der Waals surface area contributed by atoms with Crippen molar-refractivity contribution in [3.63, 3.8) is 0 Å². The van der Waals surface area contributed by atoms with Crippen LogP contribution in [0.25, 0.3) is 0 Å². The maximum absolute atomic E-state index is 9.82. The summed E-state index contributed by atoms with van der Waals surface area (Å²) in [5, 5.41) is 9.82. The van der Waals surface area contributed by atoms with Gasteiger partial charge in [-0.15, -0.1) is 0 Å². The van der Waals surface area contributed by atoms with Crippen LogP contribution < -0.4 is 5.73 Å². The number of aromatic hydroxyl groups is 1. The highest BCUT2D eigenvalue weighted by molar-refractivity contribution is 9.10. The molecule has 0 bridgehead atoms. The molecule has 2 rings (SSSR count). The standard InChI is InChI=1S/C13H19BrN2O/c1-9-4-12(15)8-16(6-9)7-10-5-11(14)2-3-13(10)17/h2-3,5,9,12,17H,4,6-8,15H2,1H3. The van der Waals surface area contributed by atoms with E-state index in [0.717, 1.165) is 36.1 Å². The number of phenols is 1. The Labute approximate surface area is 111 Å². The first-order valence-corrected chi connectivity index (χ1v) is 6.79. The van der Waals surface area contributed by atoms with Crippen LogP contribution in [0.1, 0.15) is 18.9 Å². The van der Waals surface area contributed by atoms with E-state index in [2.05, 4.69) is 27.8 Å². The smallest absolute Gasteiger partial charge is 0.120 e. The van der Waals surface area contributed by atoms with E-state index in [0.29, 0.717) is 11.7 Å². The Morgan fingerprint density at radius 1 is 1.47 bits per heavy atom. The molecule has 1 aliphatic rings. The number of hydrogen-bond acceptors (Lipinski definition) is 3. The molecule has 94 valence electrons. The molecule has 0 amide bonds. The first kappa shape index (κ1) is 12.9. The van der Waals surface area contributed by atoms with Crippen LogP contribution in [0, 0.1) is 5.92 Å². The van der Waals surface area contributed by atoms with Crippen molar-refractivity contribution < 1.29 is 5.11 Å². The molecule has 17 heavy (non-hydrogen) atoms. The highest BCUT2D eigenvalue weighted by Gasteiger charge is 2.22. The van der Waals surface area contributed by atoms with Crippen LogP contribution in [0.15, 0.2) is 22.7 Å². The Hall–Kier alpha value is -0.580. The molecular formula is C13H19BrN2O. The van der Waals surface area contributed by atoms with E-state index in [9.17, 15) is 5.11 Å². The van der Waals surface area contributed by atoms with E-state index in [1.54, 1.807) is 6.07 Å². The largest absolute Gasteiger partial charge is 0.508 e. The SMILES string of the molecule is CC1CC(N)CN(Cc2cc(Br)ccc2O)C1. The lowest BCUT2D eigenvalue weighted by atomic mass is 9.96. The highest BCUT2D eigenvalue weighted by Crippen LogP contribution is 2.25. The molecule has 1 heterocycles. The van der Waals surface area contributed by atoms with Gasteiger partial charge in [0.05, 0.1) is 0 Å². The van der Waals surface area contributed by atoms with Crippen LogP contribution in [-0.2, 0) is 6.54 Å². The summed E-state index contributed by atoms with van der Waals surface area (Å²) in [7, 11) is 0. The minimum absolute atomic E-state index is 0.257. The zero-order chi connectivity index (χ0) is 12.4. The Morgan fingerprint density at radius 2 is 2.24 bits per heavy atom. The number of piperidine rings is 1. The second-order valence-electron chi connectivity index (χ2n) is 5.07. The number of benzene rings is 1. The van der Waals surface area contributed by atoms with Gasteiger partial charge in [0.25, 0.3) is 0 Å². The number of nitrogens with two attached hydrogens (primary N) is 1. The summed E-state index contributed by atoms with van der Waals surface area (Å²) in [5.41, 5.74) is 6.98. The number of phenolic OH excluding ortho intramolecular Hbond substituents is 1. The monoisotopic (exact) mass is 298 g/mol. The normalized spacial score (nSPS) is 26.1. The van der Waals surface area contributed by atoms with E-state index in [1.165, 1.54) is 0 Å². The first-order chi connectivity index (χ1) is 8.04. The van der Waals surface area contributed by atoms with Gasteiger partial charge in [0, 0.05) is 35.7 Å². The molecule has 2 unspecified atom stereocenters. The average molecular weight is 299 g/mol. The number of nitrogens with zero attached hydrogens (tertiary/aromatic N) is 1. The van der Waals surface area contributed by atoms with Crippen LogP contribution in [0.2, 0.25) is 0 Å². The van der Waals surface area contributed by atoms with Crippen molar-refractivity contribution in [2.75, 3.05) is 13.1 Å². The molecule has 1 aromatic rings. The molecule has 1 saturated heterocycles. The zero-order valence-corrected chi connectivity index (χ0v) is 11.7. The molecule has 4 heteroatoms. The van der Waals surface area contributed by atoms with E-state index < -0.39 is 0 Å². The molecule has 0 spiro atoms. The molecule has 0 saturated carbocycles. The van der Waals surface area contributed by atoms with Crippen molar-refractivity contribution >= 4 is 15.9 Å². The number of rotatable bonds is 2. The fourth-order valence-corrected chi connectivity index (χ4v) is 2.97. The van der Waals surface area contributed by atoms with Gasteiger partial charge in [-0.3, -0.25) is 4.90 Å². The molecule has 3 N–H and O–H groups in total. The number of hydrogen-bond donors (Lipinski definition) is 2. The van der Waals surface area contributed by atoms with Crippen LogP contribution in [0.3, 0.4) is 0 Å². The van der Waals surface area contributed by atoms with Crippen LogP contribution in [-0.4, -0.2) is 29.1 Å². The minimum atomic E-state index is 0.257. The Bertz CT molecular complexity index is 387. The van der Waals surface area contributed by atoms with Crippen molar-refractivity contribution in [3.8, 4) is 5.75 Å². The van der Waals surface area contributed by atoms with E-state index in [-0.39, 0.29) is 6.04 Å². The predicted octanol–water partition coefficient (Wildman–Crippen LogP) is 2.32. The van der Waals surface area contributed by atoms with E-state index >= 15 is 0 Å². The van der Waals surface area contributed by atoms with Crippen molar-refractivity contribution in [2.45, 2.75) is 25.9 Å². The van der Waals surface area contributed by atoms with E-state index in [1.807, 2.05) is 12.1 Å². The summed E-state index contributed by atoms with van der Waals surface area (Å²) in [5.74, 6) is 0.994. The van der Waals surface area contributed by atoms with Crippen LogP contribution >= 0.6 is 15.9 Å². The summed E-state index contributed by atoms with van der Waals surface area (Å²) >= 11 is 3.43. The summed E-state index contributed by atoms with van der Waals surface area (Å²) in [4.78, 5) is 2.32. The summed E-state index contributed by atoms with van der Waals surface area (Å²) < 4.78 is 1.000. The highest BCUT2D eigenvalue weighted by atomic mass is 79.9. The molecule has 0 radical (unpaired) electrons. The zero-order valence-electron chi connectivity index (χ0n) is 10.1. The third kappa shape index (κ3) is 3.44. The molecule has 0 aromatic heterocycles.